The summed E-state index contributed by atoms with van der Waals surface area (Å²) >= 11 is 1.65. The molecule has 0 saturated carbocycles. The lowest BCUT2D eigenvalue weighted by Gasteiger charge is -2.34. The van der Waals surface area contributed by atoms with Gasteiger partial charge in [-0.25, -0.2) is 4.98 Å². The molecule has 2 aromatic carbocycles. The molecule has 31 heavy (non-hydrogen) atoms. The van der Waals surface area contributed by atoms with E-state index in [0.29, 0.717) is 0 Å². The molecule has 1 aliphatic rings. The predicted octanol–water partition coefficient (Wildman–Crippen LogP) is 5.03. The van der Waals surface area contributed by atoms with Crippen LogP contribution in [0.2, 0.25) is 0 Å². The summed E-state index contributed by atoms with van der Waals surface area (Å²) in [5, 5.41) is 3.11. The van der Waals surface area contributed by atoms with E-state index in [4.69, 9.17) is 4.42 Å². The molecule has 5 rings (SSSR count). The van der Waals surface area contributed by atoms with Crippen LogP contribution in [0.4, 0.5) is 0 Å². The molecule has 0 radical (unpaired) electrons. The van der Waals surface area contributed by atoms with Gasteiger partial charge in [0.1, 0.15) is 10.7 Å². The summed E-state index contributed by atoms with van der Waals surface area (Å²) in [6.45, 7) is 3.97. The molecule has 0 spiro atoms. The molecule has 1 saturated heterocycles. The number of piperazine rings is 1. The van der Waals surface area contributed by atoms with Gasteiger partial charge < -0.3 is 9.32 Å². The fourth-order valence-electron chi connectivity index (χ4n) is 3.84. The number of hydrogen-bond acceptors (Lipinski definition) is 5. The summed E-state index contributed by atoms with van der Waals surface area (Å²) in [6, 6.07) is 21.9. The molecular weight excluding hydrogens is 406 g/mol. The molecule has 1 fully saturated rings. The van der Waals surface area contributed by atoms with Crippen LogP contribution >= 0.6 is 11.3 Å². The highest BCUT2D eigenvalue weighted by Crippen LogP contribution is 2.24. The van der Waals surface area contributed by atoms with Gasteiger partial charge in [0.15, 0.2) is 5.76 Å². The Hall–Kier alpha value is -3.22. The summed E-state index contributed by atoms with van der Waals surface area (Å²) < 4.78 is 5.42. The van der Waals surface area contributed by atoms with Crippen LogP contribution in [0.25, 0.3) is 22.6 Å². The molecule has 1 amide bonds. The first kappa shape index (κ1) is 19.7. The molecular formula is C25H23N3O2S. The first-order valence-electron chi connectivity index (χ1n) is 10.4. The van der Waals surface area contributed by atoms with Crippen molar-refractivity contribution >= 4 is 17.2 Å². The number of carbonyl (C=O) groups is 1. The van der Waals surface area contributed by atoms with Crippen LogP contribution in [-0.2, 0) is 6.54 Å². The van der Waals surface area contributed by atoms with Gasteiger partial charge in [-0.3, -0.25) is 9.69 Å². The third kappa shape index (κ3) is 4.45. The Morgan fingerprint density at radius 2 is 1.65 bits per heavy atom. The van der Waals surface area contributed by atoms with Gasteiger partial charge in [-0.05, 0) is 35.4 Å². The number of amides is 1. The first-order valence-corrected chi connectivity index (χ1v) is 11.3. The van der Waals surface area contributed by atoms with Crippen LogP contribution < -0.4 is 0 Å². The average Bonchev–Trinajstić information content (AvgIpc) is 3.52. The summed E-state index contributed by atoms with van der Waals surface area (Å²) in [5.74, 6) is 0.907. The van der Waals surface area contributed by atoms with Gasteiger partial charge in [0.05, 0.1) is 12.8 Å². The summed E-state index contributed by atoms with van der Waals surface area (Å²) in [4.78, 5) is 21.9. The standard InChI is InChI=1S/C25H23N3O2S/c29-25(21-10-8-20(9-11-21)19-5-2-1-3-6-19)28-14-12-27(13-15-28)17-24-26-22(18-31-24)23-7-4-16-30-23/h1-11,16,18H,12-15,17H2. The molecule has 1 aliphatic heterocycles. The van der Waals surface area contributed by atoms with Crippen molar-refractivity contribution in [1.82, 2.24) is 14.8 Å². The van der Waals surface area contributed by atoms with Crippen LogP contribution in [0.15, 0.2) is 82.8 Å². The van der Waals surface area contributed by atoms with E-state index >= 15 is 0 Å². The maximum Gasteiger partial charge on any atom is 0.253 e. The minimum Gasteiger partial charge on any atom is -0.463 e. The molecule has 0 aliphatic carbocycles. The number of hydrogen-bond donors (Lipinski definition) is 0. The van der Waals surface area contributed by atoms with Crippen molar-refractivity contribution in [2.75, 3.05) is 26.2 Å². The average molecular weight is 430 g/mol. The van der Waals surface area contributed by atoms with E-state index in [1.165, 1.54) is 0 Å². The lowest BCUT2D eigenvalue weighted by atomic mass is 10.0. The van der Waals surface area contributed by atoms with Crippen LogP contribution in [0, 0.1) is 0 Å². The molecule has 0 N–H and O–H groups in total. The Kier molecular flexibility index (Phi) is 5.65. The molecule has 5 nitrogen and oxygen atoms in total. The first-order chi connectivity index (χ1) is 15.3. The molecule has 0 unspecified atom stereocenters. The predicted molar refractivity (Wildman–Crippen MR) is 123 cm³/mol. The third-order valence-electron chi connectivity index (χ3n) is 5.58. The monoisotopic (exact) mass is 429 g/mol. The molecule has 4 aromatic rings. The van der Waals surface area contributed by atoms with E-state index < -0.39 is 0 Å². The molecule has 2 aromatic heterocycles. The Balaban J connectivity index is 1.16. The van der Waals surface area contributed by atoms with E-state index in [0.717, 1.165) is 65.9 Å². The highest BCUT2D eigenvalue weighted by molar-refractivity contribution is 7.09. The smallest absolute Gasteiger partial charge is 0.253 e. The fraction of sp³-hybridized carbons (Fsp3) is 0.200. The minimum absolute atomic E-state index is 0.105. The quantitative estimate of drug-likeness (QED) is 0.447. The van der Waals surface area contributed by atoms with Gasteiger partial charge in [-0.15, -0.1) is 11.3 Å². The van der Waals surface area contributed by atoms with E-state index in [1.54, 1.807) is 17.6 Å². The largest absolute Gasteiger partial charge is 0.463 e. The van der Waals surface area contributed by atoms with E-state index in [-0.39, 0.29) is 5.91 Å². The van der Waals surface area contributed by atoms with Crippen molar-refractivity contribution in [2.45, 2.75) is 6.54 Å². The minimum atomic E-state index is 0.105. The highest BCUT2D eigenvalue weighted by Gasteiger charge is 2.23. The number of aromatic nitrogens is 1. The van der Waals surface area contributed by atoms with Crippen molar-refractivity contribution < 1.29 is 9.21 Å². The van der Waals surface area contributed by atoms with Gasteiger partial charge in [-0.1, -0.05) is 42.5 Å². The normalized spacial score (nSPS) is 14.6. The maximum absolute atomic E-state index is 12.9. The SMILES string of the molecule is O=C(c1ccc(-c2ccccc2)cc1)N1CCN(Cc2nc(-c3ccco3)cs2)CC1. The van der Waals surface area contributed by atoms with Crippen molar-refractivity contribution in [1.29, 1.82) is 0 Å². The van der Waals surface area contributed by atoms with Gasteiger partial charge in [-0.2, -0.15) is 0 Å². The van der Waals surface area contributed by atoms with Crippen LogP contribution in [0.5, 0.6) is 0 Å². The van der Waals surface area contributed by atoms with Crippen molar-refractivity contribution in [3.05, 3.63) is 88.9 Å². The van der Waals surface area contributed by atoms with E-state index in [2.05, 4.69) is 22.0 Å². The molecule has 0 bridgehead atoms. The molecule has 6 heteroatoms. The van der Waals surface area contributed by atoms with Crippen molar-refractivity contribution in [3.63, 3.8) is 0 Å². The second-order valence-electron chi connectivity index (χ2n) is 7.62. The number of rotatable bonds is 5. The number of carbonyl (C=O) groups excluding carboxylic acids is 1. The Labute approximate surface area is 185 Å². The Morgan fingerprint density at radius 3 is 2.35 bits per heavy atom. The van der Waals surface area contributed by atoms with Crippen LogP contribution in [0.1, 0.15) is 15.4 Å². The zero-order chi connectivity index (χ0) is 21.0. The van der Waals surface area contributed by atoms with E-state index in [9.17, 15) is 4.79 Å². The molecule has 3 heterocycles. The zero-order valence-electron chi connectivity index (χ0n) is 17.1. The highest BCUT2D eigenvalue weighted by atomic mass is 32.1. The Bertz CT molecular complexity index is 1130. The number of nitrogens with zero attached hydrogens (tertiary/aromatic N) is 3. The second kappa shape index (κ2) is 8.88. The van der Waals surface area contributed by atoms with Crippen molar-refractivity contribution in [2.24, 2.45) is 0 Å². The number of benzene rings is 2. The fourth-order valence-corrected chi connectivity index (χ4v) is 4.66. The van der Waals surface area contributed by atoms with Gasteiger partial charge in [0.2, 0.25) is 0 Å². The van der Waals surface area contributed by atoms with Crippen LogP contribution in [-0.4, -0.2) is 46.9 Å². The lowest BCUT2D eigenvalue weighted by Crippen LogP contribution is -2.48. The van der Waals surface area contributed by atoms with Crippen molar-refractivity contribution in [3.8, 4) is 22.6 Å². The van der Waals surface area contributed by atoms with Gasteiger partial charge in [0.25, 0.3) is 5.91 Å². The number of furan rings is 1. The lowest BCUT2D eigenvalue weighted by molar-refractivity contribution is 0.0628. The zero-order valence-corrected chi connectivity index (χ0v) is 17.9. The van der Waals surface area contributed by atoms with Crippen LogP contribution in [0.3, 0.4) is 0 Å². The second-order valence-corrected chi connectivity index (χ2v) is 8.56. The maximum atomic E-state index is 12.9. The number of thiazole rings is 1. The topological polar surface area (TPSA) is 49.6 Å². The summed E-state index contributed by atoms with van der Waals surface area (Å²) in [7, 11) is 0. The Morgan fingerprint density at radius 1 is 0.903 bits per heavy atom. The molecule has 156 valence electrons. The summed E-state index contributed by atoms with van der Waals surface area (Å²) in [5.41, 5.74) is 3.92. The van der Waals surface area contributed by atoms with Gasteiger partial charge in [0, 0.05) is 37.1 Å². The summed E-state index contributed by atoms with van der Waals surface area (Å²) in [6.07, 6.45) is 1.67. The third-order valence-corrected chi connectivity index (χ3v) is 6.42. The van der Waals surface area contributed by atoms with E-state index in [1.807, 2.05) is 64.9 Å². The molecule has 0 atom stereocenters. The van der Waals surface area contributed by atoms with Gasteiger partial charge >= 0.3 is 0 Å².